The Hall–Kier alpha value is -2.50. The summed E-state index contributed by atoms with van der Waals surface area (Å²) >= 11 is 0. The smallest absolute Gasteiger partial charge is 0.242 e. The van der Waals surface area contributed by atoms with Crippen molar-refractivity contribution in [3.05, 3.63) is 40.9 Å². The largest absolute Gasteiger partial charge is 0.618 e. The van der Waals surface area contributed by atoms with E-state index in [0.717, 1.165) is 4.73 Å². The van der Waals surface area contributed by atoms with Crippen molar-refractivity contribution in [2.75, 3.05) is 0 Å². The number of aromatic nitrogens is 2. The van der Waals surface area contributed by atoms with Crippen molar-refractivity contribution in [1.29, 1.82) is 0 Å². The molecule has 0 bridgehead atoms. The van der Waals surface area contributed by atoms with Crippen LogP contribution in [0.3, 0.4) is 0 Å². The minimum Gasteiger partial charge on any atom is -0.618 e. The summed E-state index contributed by atoms with van der Waals surface area (Å²) in [6.07, 6.45) is 1.36. The maximum absolute atomic E-state index is 12.0. The van der Waals surface area contributed by atoms with Crippen molar-refractivity contribution in [3.63, 3.8) is 0 Å². The zero-order valence-corrected chi connectivity index (χ0v) is 10.0. The van der Waals surface area contributed by atoms with Gasteiger partial charge < -0.3 is 5.21 Å². The Labute approximate surface area is 104 Å². The van der Waals surface area contributed by atoms with E-state index in [2.05, 4.69) is 15.5 Å². The fourth-order valence-corrected chi connectivity index (χ4v) is 1.53. The molecule has 0 saturated heterocycles. The minimum absolute atomic E-state index is 0.278. The lowest BCUT2D eigenvalue weighted by molar-refractivity contribution is -0.584. The number of rotatable bonds is 2. The number of para-hydroxylation sites is 2. The van der Waals surface area contributed by atoms with Crippen LogP contribution in [0.1, 0.15) is 18.3 Å². The standard InChI is InChI=1S/C12H12N4O2/c1-8-11(7-13-15-9(2)17)14-10-5-3-4-6-12(10)16(8)18/h3-7H,1-2H3,(H,15,17)/b13-7+. The molecule has 2 aromatic rings. The molecule has 0 aliphatic carbocycles. The molecule has 6 heteroatoms. The Morgan fingerprint density at radius 3 is 2.94 bits per heavy atom. The fourth-order valence-electron chi connectivity index (χ4n) is 1.53. The van der Waals surface area contributed by atoms with Crippen molar-refractivity contribution in [3.8, 4) is 0 Å². The number of hydrazone groups is 1. The van der Waals surface area contributed by atoms with Gasteiger partial charge in [0.1, 0.15) is 5.52 Å². The average molecular weight is 244 g/mol. The second-order valence-corrected chi connectivity index (χ2v) is 3.79. The number of hydrogen-bond donors (Lipinski definition) is 1. The summed E-state index contributed by atoms with van der Waals surface area (Å²) in [4.78, 5) is 15.0. The Balaban J connectivity index is 2.48. The van der Waals surface area contributed by atoms with Crippen LogP contribution in [-0.2, 0) is 4.79 Å². The highest BCUT2D eigenvalue weighted by Gasteiger charge is 2.12. The number of nitrogens with zero attached hydrogens (tertiary/aromatic N) is 3. The van der Waals surface area contributed by atoms with Crippen LogP contribution in [0, 0.1) is 12.1 Å². The van der Waals surface area contributed by atoms with E-state index in [4.69, 9.17) is 0 Å². The molecule has 0 radical (unpaired) electrons. The third-order valence-corrected chi connectivity index (χ3v) is 2.43. The summed E-state index contributed by atoms with van der Waals surface area (Å²) in [6.45, 7) is 3.01. The Morgan fingerprint density at radius 1 is 1.50 bits per heavy atom. The lowest BCUT2D eigenvalue weighted by atomic mass is 10.2. The number of amides is 1. The van der Waals surface area contributed by atoms with Crippen LogP contribution in [0.4, 0.5) is 0 Å². The highest BCUT2D eigenvalue weighted by molar-refractivity contribution is 5.83. The van der Waals surface area contributed by atoms with E-state index >= 15 is 0 Å². The van der Waals surface area contributed by atoms with Gasteiger partial charge in [-0.25, -0.2) is 10.4 Å². The van der Waals surface area contributed by atoms with E-state index in [0.29, 0.717) is 22.4 Å². The molecule has 1 aromatic carbocycles. The maximum Gasteiger partial charge on any atom is 0.242 e. The van der Waals surface area contributed by atoms with Gasteiger partial charge in [0.25, 0.3) is 0 Å². The SMILES string of the molecule is CC(=O)N/N=C/c1nc2ccccc2[n+]([O-])c1C. The van der Waals surface area contributed by atoms with Crippen molar-refractivity contribution in [2.45, 2.75) is 13.8 Å². The monoisotopic (exact) mass is 244 g/mol. The van der Waals surface area contributed by atoms with Crippen molar-refractivity contribution < 1.29 is 9.52 Å². The number of carbonyl (C=O) groups excluding carboxylic acids is 1. The highest BCUT2D eigenvalue weighted by Crippen LogP contribution is 2.08. The molecule has 0 atom stereocenters. The number of carbonyl (C=O) groups is 1. The van der Waals surface area contributed by atoms with Gasteiger partial charge in [-0.1, -0.05) is 12.1 Å². The minimum atomic E-state index is -0.278. The summed E-state index contributed by atoms with van der Waals surface area (Å²) in [7, 11) is 0. The molecule has 0 fully saturated rings. The van der Waals surface area contributed by atoms with Crippen LogP contribution < -0.4 is 10.2 Å². The summed E-state index contributed by atoms with van der Waals surface area (Å²) in [5, 5.41) is 15.7. The van der Waals surface area contributed by atoms with E-state index in [1.54, 1.807) is 31.2 Å². The molecule has 0 unspecified atom stereocenters. The van der Waals surface area contributed by atoms with Crippen molar-refractivity contribution in [2.24, 2.45) is 5.10 Å². The second-order valence-electron chi connectivity index (χ2n) is 3.79. The van der Waals surface area contributed by atoms with E-state index in [1.165, 1.54) is 13.1 Å². The molecule has 6 nitrogen and oxygen atoms in total. The van der Waals surface area contributed by atoms with E-state index < -0.39 is 0 Å². The summed E-state index contributed by atoms with van der Waals surface area (Å²) in [6, 6.07) is 7.04. The van der Waals surface area contributed by atoms with Crippen LogP contribution >= 0.6 is 0 Å². The number of fused-ring (bicyclic) bond motifs is 1. The van der Waals surface area contributed by atoms with Gasteiger partial charge in [-0.05, 0) is 6.07 Å². The zero-order chi connectivity index (χ0) is 13.1. The molecular weight excluding hydrogens is 232 g/mol. The van der Waals surface area contributed by atoms with Gasteiger partial charge in [0.05, 0.1) is 6.21 Å². The highest BCUT2D eigenvalue weighted by atomic mass is 16.5. The predicted molar refractivity (Wildman–Crippen MR) is 66.9 cm³/mol. The van der Waals surface area contributed by atoms with Gasteiger partial charge in [-0.15, -0.1) is 0 Å². The van der Waals surface area contributed by atoms with E-state index in [-0.39, 0.29) is 5.91 Å². The van der Waals surface area contributed by atoms with Gasteiger partial charge in [-0.2, -0.15) is 9.83 Å². The average Bonchev–Trinajstić information content (AvgIpc) is 2.35. The van der Waals surface area contributed by atoms with Crippen LogP contribution in [0.15, 0.2) is 29.4 Å². The molecular formula is C12H12N4O2. The van der Waals surface area contributed by atoms with Crippen LogP contribution in [0.2, 0.25) is 0 Å². The quantitative estimate of drug-likeness (QED) is 0.364. The molecule has 0 spiro atoms. The van der Waals surface area contributed by atoms with Crippen molar-refractivity contribution in [1.82, 2.24) is 10.4 Å². The zero-order valence-electron chi connectivity index (χ0n) is 10.0. The van der Waals surface area contributed by atoms with E-state index in [1.807, 2.05) is 0 Å². The normalized spacial score (nSPS) is 11.0. The molecule has 0 aliphatic rings. The fraction of sp³-hybridized carbons (Fsp3) is 0.167. The van der Waals surface area contributed by atoms with Crippen molar-refractivity contribution >= 4 is 23.2 Å². The first kappa shape index (κ1) is 12.0. The van der Waals surface area contributed by atoms with Gasteiger partial charge in [0, 0.05) is 19.9 Å². The molecule has 1 amide bonds. The second kappa shape index (κ2) is 4.79. The summed E-state index contributed by atoms with van der Waals surface area (Å²) in [5.41, 5.74) is 4.22. The topological polar surface area (TPSA) is 81.3 Å². The first-order chi connectivity index (χ1) is 8.59. The summed E-state index contributed by atoms with van der Waals surface area (Å²) in [5.74, 6) is -0.278. The Bertz CT molecular complexity index is 637. The molecule has 1 heterocycles. The van der Waals surface area contributed by atoms with Gasteiger partial charge >= 0.3 is 0 Å². The number of hydrogen-bond acceptors (Lipinski definition) is 4. The number of benzene rings is 1. The van der Waals surface area contributed by atoms with Gasteiger partial charge in [0.2, 0.25) is 17.1 Å². The first-order valence-corrected chi connectivity index (χ1v) is 5.38. The third-order valence-electron chi connectivity index (χ3n) is 2.43. The van der Waals surface area contributed by atoms with Crippen LogP contribution in [0.5, 0.6) is 0 Å². The number of nitrogens with one attached hydrogen (secondary N) is 1. The third kappa shape index (κ3) is 2.27. The molecule has 2 rings (SSSR count). The predicted octanol–water partition coefficient (Wildman–Crippen LogP) is 0.647. The van der Waals surface area contributed by atoms with Gasteiger partial charge in [-0.3, -0.25) is 4.79 Å². The Kier molecular flexibility index (Phi) is 3.18. The molecule has 1 aromatic heterocycles. The maximum atomic E-state index is 12.0. The lowest BCUT2D eigenvalue weighted by Crippen LogP contribution is -2.33. The Morgan fingerprint density at radius 2 is 2.22 bits per heavy atom. The molecule has 1 N–H and O–H groups in total. The lowest BCUT2D eigenvalue weighted by Gasteiger charge is -2.06. The van der Waals surface area contributed by atoms with E-state index in [9.17, 15) is 10.0 Å². The first-order valence-electron chi connectivity index (χ1n) is 5.38. The summed E-state index contributed by atoms with van der Waals surface area (Å²) < 4.78 is 0.803. The van der Waals surface area contributed by atoms with Gasteiger partial charge in [0.15, 0.2) is 5.69 Å². The van der Waals surface area contributed by atoms with Crippen LogP contribution in [0.25, 0.3) is 11.0 Å². The molecule has 0 saturated carbocycles. The van der Waals surface area contributed by atoms with Crippen LogP contribution in [-0.4, -0.2) is 17.1 Å². The molecule has 92 valence electrons. The molecule has 18 heavy (non-hydrogen) atoms. The molecule has 0 aliphatic heterocycles.